The van der Waals surface area contributed by atoms with Gasteiger partial charge < -0.3 is 4.40 Å². The van der Waals surface area contributed by atoms with Gasteiger partial charge in [0.05, 0.1) is 21.4 Å². The van der Waals surface area contributed by atoms with E-state index in [1.54, 1.807) is 6.07 Å². The minimum atomic E-state index is -4.70. The molecule has 0 aliphatic rings. The molecule has 0 spiro atoms. The Morgan fingerprint density at radius 1 is 1.07 bits per heavy atom. The van der Waals surface area contributed by atoms with Gasteiger partial charge in [-0.1, -0.05) is 18.2 Å². The molecule has 3 aromatic heterocycles. The van der Waals surface area contributed by atoms with E-state index in [1.165, 1.54) is 41.2 Å². The van der Waals surface area contributed by atoms with Crippen molar-refractivity contribution in [2.24, 2.45) is 0 Å². The summed E-state index contributed by atoms with van der Waals surface area (Å²) in [6, 6.07) is 5.58. The molecule has 4 rings (SSSR count). The Hall–Kier alpha value is -3.17. The molecule has 0 amide bonds. The second kappa shape index (κ2) is 6.18. The van der Waals surface area contributed by atoms with Crippen LogP contribution in [0.4, 0.5) is 17.6 Å². The van der Waals surface area contributed by atoms with Crippen molar-refractivity contribution < 1.29 is 17.6 Å². The molecule has 0 unspecified atom stereocenters. The van der Waals surface area contributed by atoms with Crippen LogP contribution in [0.25, 0.3) is 17.2 Å². The lowest BCUT2D eigenvalue weighted by atomic mass is 9.49. The number of hydrogen-bond donors (Lipinski definition) is 1. The summed E-state index contributed by atoms with van der Waals surface area (Å²) >= 11 is 0. The van der Waals surface area contributed by atoms with E-state index in [4.69, 9.17) is 15.7 Å². The number of halogens is 4. The van der Waals surface area contributed by atoms with Crippen LogP contribution >= 0.6 is 0 Å². The Kier molecular flexibility index (Phi) is 4.02. The molecule has 4 radical (unpaired) electrons. The van der Waals surface area contributed by atoms with Crippen LogP contribution < -0.4 is 0 Å². The van der Waals surface area contributed by atoms with Crippen molar-refractivity contribution in [3.63, 3.8) is 0 Å². The molecule has 0 atom stereocenters. The molecular weight excluding hydrogens is 374 g/mol. The van der Waals surface area contributed by atoms with Crippen molar-refractivity contribution in [2.75, 3.05) is 0 Å². The fraction of sp³-hybridized carbons (Fsp3) is 0.125. The third kappa shape index (κ3) is 2.94. The normalized spacial score (nSPS) is 12.6. The second-order valence-electron chi connectivity index (χ2n) is 5.99. The minimum Gasteiger partial charge on any atom is -0.303 e. The fourth-order valence-electron chi connectivity index (χ4n) is 2.74. The zero-order chi connectivity index (χ0) is 20.1. The van der Waals surface area contributed by atoms with Gasteiger partial charge in [0, 0.05) is 18.6 Å². The third-order valence-corrected chi connectivity index (χ3v) is 4.07. The summed E-state index contributed by atoms with van der Waals surface area (Å²) in [5.74, 6) is -2.27. The van der Waals surface area contributed by atoms with E-state index in [1.807, 2.05) is 5.10 Å². The summed E-state index contributed by atoms with van der Waals surface area (Å²) in [5, 5.41) is 3.44. The van der Waals surface area contributed by atoms with Gasteiger partial charge in [-0.05, 0) is 16.8 Å². The Bertz CT molecular complexity index is 1170. The predicted octanol–water partition coefficient (Wildman–Crippen LogP) is 2.21. The Morgan fingerprint density at radius 3 is 2.50 bits per heavy atom. The van der Waals surface area contributed by atoms with Gasteiger partial charge in [-0.2, -0.15) is 18.3 Å². The van der Waals surface area contributed by atoms with Crippen LogP contribution in [-0.4, -0.2) is 45.2 Å². The zero-order valence-electron chi connectivity index (χ0n) is 13.9. The summed E-state index contributed by atoms with van der Waals surface area (Å²) in [5.41, 5.74) is 0.0430. The molecule has 28 heavy (non-hydrogen) atoms. The SMILES string of the molecule is [B]C([B])(c1ccccc1F)c1nc(-c2n[nH]c(C(F)(F)F)n2)cn2ccnc12. The first-order valence-corrected chi connectivity index (χ1v) is 7.85. The van der Waals surface area contributed by atoms with Crippen molar-refractivity contribution in [1.29, 1.82) is 0 Å². The molecule has 0 fully saturated rings. The van der Waals surface area contributed by atoms with Crippen LogP contribution in [0.1, 0.15) is 17.1 Å². The van der Waals surface area contributed by atoms with E-state index in [-0.39, 0.29) is 28.4 Å². The topological polar surface area (TPSA) is 71.8 Å². The van der Waals surface area contributed by atoms with Gasteiger partial charge in [-0.3, -0.25) is 5.10 Å². The number of imidazole rings is 1. The van der Waals surface area contributed by atoms with Crippen LogP contribution in [0.3, 0.4) is 0 Å². The first kappa shape index (κ1) is 18.2. The number of fused-ring (bicyclic) bond motifs is 1. The molecule has 0 saturated carbocycles. The van der Waals surface area contributed by atoms with Gasteiger partial charge in [0.1, 0.15) is 11.5 Å². The molecule has 4 aromatic rings. The van der Waals surface area contributed by atoms with Crippen LogP contribution in [-0.2, 0) is 11.4 Å². The Labute approximate surface area is 157 Å². The second-order valence-corrected chi connectivity index (χ2v) is 5.99. The summed E-state index contributed by atoms with van der Waals surface area (Å²) in [6.45, 7) is 0. The third-order valence-electron chi connectivity index (χ3n) is 4.07. The first-order chi connectivity index (χ1) is 13.2. The maximum atomic E-state index is 14.3. The van der Waals surface area contributed by atoms with E-state index in [0.29, 0.717) is 0 Å². The van der Waals surface area contributed by atoms with Crippen molar-refractivity contribution in [3.05, 3.63) is 65.8 Å². The summed E-state index contributed by atoms with van der Waals surface area (Å²) in [6.07, 6.45) is -0.405. The molecule has 1 N–H and O–H groups in total. The molecular formula is C16H8B2F4N6. The van der Waals surface area contributed by atoms with Gasteiger partial charge in [-0.15, -0.1) is 0 Å². The Balaban J connectivity index is 1.91. The molecule has 6 nitrogen and oxygen atoms in total. The lowest BCUT2D eigenvalue weighted by Gasteiger charge is -2.27. The van der Waals surface area contributed by atoms with Crippen molar-refractivity contribution in [3.8, 4) is 11.5 Å². The molecule has 136 valence electrons. The highest BCUT2D eigenvalue weighted by Gasteiger charge is 2.36. The molecule has 12 heteroatoms. The van der Waals surface area contributed by atoms with Crippen LogP contribution in [0.5, 0.6) is 0 Å². The predicted molar refractivity (Wildman–Crippen MR) is 92.1 cm³/mol. The quantitative estimate of drug-likeness (QED) is 0.436. The lowest BCUT2D eigenvalue weighted by Crippen LogP contribution is -2.32. The van der Waals surface area contributed by atoms with Gasteiger partial charge in [0.25, 0.3) is 0 Å². The number of nitrogens with zero attached hydrogens (tertiary/aromatic N) is 5. The summed E-state index contributed by atoms with van der Waals surface area (Å²) < 4.78 is 54.1. The molecule has 0 aliphatic carbocycles. The standard InChI is InChI=1S/C16H8B2F4N6/c17-15(18,8-3-1-2-4-9(8)19)11-13-23-5-6-28(13)7-10(24-11)12-25-14(27-26-12)16(20,21)22/h1-7H,(H,25,26,27). The summed E-state index contributed by atoms with van der Waals surface area (Å²) in [4.78, 5) is 11.7. The highest BCUT2D eigenvalue weighted by atomic mass is 19.4. The van der Waals surface area contributed by atoms with E-state index in [2.05, 4.69) is 20.1 Å². The van der Waals surface area contributed by atoms with Crippen LogP contribution in [0, 0.1) is 5.82 Å². The van der Waals surface area contributed by atoms with Crippen LogP contribution in [0.15, 0.2) is 42.9 Å². The number of H-pyrrole nitrogens is 1. The largest absolute Gasteiger partial charge is 0.451 e. The zero-order valence-corrected chi connectivity index (χ0v) is 13.9. The highest BCUT2D eigenvalue weighted by Crippen LogP contribution is 2.31. The van der Waals surface area contributed by atoms with Gasteiger partial charge in [0.2, 0.25) is 11.6 Å². The molecule has 0 bridgehead atoms. The van der Waals surface area contributed by atoms with E-state index < -0.39 is 23.0 Å². The number of nitrogens with one attached hydrogen (secondary N) is 1. The fourth-order valence-corrected chi connectivity index (χ4v) is 2.74. The molecule has 3 heterocycles. The maximum Gasteiger partial charge on any atom is 0.451 e. The maximum absolute atomic E-state index is 14.3. The lowest BCUT2D eigenvalue weighted by molar-refractivity contribution is -0.144. The van der Waals surface area contributed by atoms with Crippen molar-refractivity contribution in [1.82, 2.24) is 29.5 Å². The number of rotatable bonds is 3. The van der Waals surface area contributed by atoms with Gasteiger partial charge in [0.15, 0.2) is 5.65 Å². The average molecular weight is 382 g/mol. The van der Waals surface area contributed by atoms with Crippen molar-refractivity contribution in [2.45, 2.75) is 11.4 Å². The van der Waals surface area contributed by atoms with E-state index in [0.717, 1.165) is 0 Å². The minimum absolute atomic E-state index is 0.0520. The number of aromatic amines is 1. The molecule has 1 aromatic carbocycles. The number of aromatic nitrogens is 6. The van der Waals surface area contributed by atoms with E-state index in [9.17, 15) is 17.6 Å². The number of benzene rings is 1. The van der Waals surface area contributed by atoms with Crippen LogP contribution in [0.2, 0.25) is 0 Å². The smallest absolute Gasteiger partial charge is 0.303 e. The Morgan fingerprint density at radius 2 is 1.82 bits per heavy atom. The van der Waals surface area contributed by atoms with Crippen molar-refractivity contribution >= 4 is 21.3 Å². The summed E-state index contributed by atoms with van der Waals surface area (Å²) in [7, 11) is 12.4. The average Bonchev–Trinajstić information content (AvgIpc) is 3.30. The highest BCUT2D eigenvalue weighted by molar-refractivity contribution is 6.42. The van der Waals surface area contributed by atoms with E-state index >= 15 is 0 Å². The monoisotopic (exact) mass is 382 g/mol. The van der Waals surface area contributed by atoms with Gasteiger partial charge in [-0.25, -0.2) is 19.3 Å². The molecule has 0 aliphatic heterocycles. The first-order valence-electron chi connectivity index (χ1n) is 7.85. The number of alkyl halides is 3. The number of hydrogen-bond acceptors (Lipinski definition) is 4. The van der Waals surface area contributed by atoms with Gasteiger partial charge >= 0.3 is 6.18 Å². The molecule has 0 saturated heterocycles.